The van der Waals surface area contributed by atoms with Gasteiger partial charge in [0.15, 0.2) is 6.10 Å². The van der Waals surface area contributed by atoms with Crippen LogP contribution in [0.4, 0.5) is 0 Å². The van der Waals surface area contributed by atoms with Gasteiger partial charge in [-0.25, -0.2) is 4.79 Å². The summed E-state index contributed by atoms with van der Waals surface area (Å²) in [6.45, 7) is 6.65. The van der Waals surface area contributed by atoms with Gasteiger partial charge in [0.2, 0.25) is 5.91 Å². The van der Waals surface area contributed by atoms with Crippen molar-refractivity contribution < 1.29 is 19.4 Å². The highest BCUT2D eigenvalue weighted by molar-refractivity contribution is 5.79. The maximum absolute atomic E-state index is 11.9. The molecule has 0 bridgehead atoms. The van der Waals surface area contributed by atoms with E-state index in [9.17, 15) is 9.59 Å². The number of carboxylic acid groups (broad SMARTS) is 1. The molecule has 0 saturated carbocycles. The molecule has 5 heteroatoms. The Balaban J connectivity index is 2.46. The molecule has 1 fully saturated rings. The molecule has 1 rings (SSSR count). The van der Waals surface area contributed by atoms with Crippen LogP contribution < -0.4 is 5.32 Å². The summed E-state index contributed by atoms with van der Waals surface area (Å²) in [6, 6.07) is -0.389. The predicted molar refractivity (Wildman–Crippen MR) is 67.2 cm³/mol. The lowest BCUT2D eigenvalue weighted by Gasteiger charge is -2.21. The van der Waals surface area contributed by atoms with Crippen LogP contribution in [0.3, 0.4) is 0 Å². The van der Waals surface area contributed by atoms with E-state index in [2.05, 4.69) is 26.1 Å². The zero-order chi connectivity index (χ0) is 13.7. The topological polar surface area (TPSA) is 75.6 Å². The van der Waals surface area contributed by atoms with Crippen LogP contribution in [0.5, 0.6) is 0 Å². The highest BCUT2D eigenvalue weighted by Gasteiger charge is 2.35. The molecule has 0 radical (unpaired) electrons. The number of hydrogen-bond donors (Lipinski definition) is 2. The molecule has 0 aromatic carbocycles. The van der Waals surface area contributed by atoms with Crippen LogP contribution in [0.1, 0.15) is 40.0 Å². The van der Waals surface area contributed by atoms with Gasteiger partial charge in [0, 0.05) is 13.0 Å². The summed E-state index contributed by atoms with van der Waals surface area (Å²) in [5.41, 5.74) is 0. The summed E-state index contributed by atoms with van der Waals surface area (Å²) >= 11 is 0. The lowest BCUT2D eigenvalue weighted by molar-refractivity contribution is -0.148. The molecule has 1 unspecified atom stereocenters. The second-order valence-electron chi connectivity index (χ2n) is 5.21. The first-order valence-corrected chi connectivity index (χ1v) is 6.59. The number of aliphatic carboxylic acids is 1. The molecular weight excluding hydrogens is 234 g/mol. The first-order valence-electron chi connectivity index (χ1n) is 6.59. The molecular formula is C13H23NO4. The fraction of sp³-hybridized carbons (Fsp3) is 0.846. The second kappa shape index (κ2) is 6.73. The fourth-order valence-electron chi connectivity index (χ4n) is 2.34. The number of hydrogen-bond acceptors (Lipinski definition) is 3. The van der Waals surface area contributed by atoms with Gasteiger partial charge < -0.3 is 15.2 Å². The van der Waals surface area contributed by atoms with E-state index in [1.807, 2.05) is 0 Å². The minimum absolute atomic E-state index is 0.0719. The monoisotopic (exact) mass is 257 g/mol. The Morgan fingerprint density at radius 1 is 1.44 bits per heavy atom. The highest BCUT2D eigenvalue weighted by Crippen LogP contribution is 2.20. The van der Waals surface area contributed by atoms with Gasteiger partial charge in [-0.2, -0.15) is 0 Å². The minimum Gasteiger partial charge on any atom is -0.479 e. The first kappa shape index (κ1) is 15.0. The molecule has 0 aromatic heterocycles. The van der Waals surface area contributed by atoms with Crippen molar-refractivity contribution in [2.45, 2.75) is 52.2 Å². The summed E-state index contributed by atoms with van der Waals surface area (Å²) in [4.78, 5) is 22.8. The van der Waals surface area contributed by atoms with E-state index in [-0.39, 0.29) is 11.9 Å². The van der Waals surface area contributed by atoms with Crippen LogP contribution in [-0.2, 0) is 14.3 Å². The highest BCUT2D eigenvalue weighted by atomic mass is 16.5. The average molecular weight is 257 g/mol. The van der Waals surface area contributed by atoms with Crippen molar-refractivity contribution in [1.29, 1.82) is 0 Å². The van der Waals surface area contributed by atoms with Crippen molar-refractivity contribution in [3.8, 4) is 0 Å². The van der Waals surface area contributed by atoms with Crippen LogP contribution >= 0.6 is 0 Å². The van der Waals surface area contributed by atoms with E-state index in [1.165, 1.54) is 0 Å². The van der Waals surface area contributed by atoms with E-state index in [1.54, 1.807) is 0 Å². The third kappa shape index (κ3) is 3.98. The molecule has 5 nitrogen and oxygen atoms in total. The van der Waals surface area contributed by atoms with Gasteiger partial charge in [0.25, 0.3) is 0 Å². The maximum Gasteiger partial charge on any atom is 0.334 e. The molecule has 1 amide bonds. The molecule has 104 valence electrons. The maximum atomic E-state index is 11.9. The molecule has 1 aliphatic heterocycles. The number of carbonyl (C=O) groups excluding carboxylic acids is 1. The largest absolute Gasteiger partial charge is 0.479 e. The van der Waals surface area contributed by atoms with Gasteiger partial charge in [-0.3, -0.25) is 4.79 Å². The zero-order valence-electron chi connectivity index (χ0n) is 11.3. The van der Waals surface area contributed by atoms with Gasteiger partial charge in [-0.05, 0) is 18.3 Å². The van der Waals surface area contributed by atoms with E-state index >= 15 is 0 Å². The Bertz CT molecular complexity index is 303. The standard InChI is InChI=1S/C13H23NO4/c1-4-9(8(2)3)7-11(15)14-10-5-6-18-12(10)13(16)17/h8-10,12H,4-7H2,1-3H3,(H,14,15)(H,16,17)/t9?,10-,12+/m1/s1. The van der Waals surface area contributed by atoms with Crippen molar-refractivity contribution in [3.63, 3.8) is 0 Å². The lowest BCUT2D eigenvalue weighted by atomic mass is 9.90. The molecule has 1 aliphatic rings. The zero-order valence-corrected chi connectivity index (χ0v) is 11.3. The number of carbonyl (C=O) groups is 2. The smallest absolute Gasteiger partial charge is 0.334 e. The number of ether oxygens (including phenoxy) is 1. The van der Waals surface area contributed by atoms with Gasteiger partial charge in [0.05, 0.1) is 6.04 Å². The van der Waals surface area contributed by atoms with Crippen LogP contribution in [0.25, 0.3) is 0 Å². The molecule has 0 spiro atoms. The van der Waals surface area contributed by atoms with Gasteiger partial charge >= 0.3 is 5.97 Å². The van der Waals surface area contributed by atoms with Crippen molar-refractivity contribution in [1.82, 2.24) is 5.32 Å². The molecule has 3 atom stereocenters. The summed E-state index contributed by atoms with van der Waals surface area (Å²) < 4.78 is 5.09. The Labute approximate surface area is 108 Å². The van der Waals surface area contributed by atoms with Crippen LogP contribution in [0, 0.1) is 11.8 Å². The van der Waals surface area contributed by atoms with Crippen molar-refractivity contribution >= 4 is 11.9 Å². The van der Waals surface area contributed by atoms with Gasteiger partial charge in [-0.1, -0.05) is 27.2 Å². The molecule has 0 aliphatic carbocycles. The summed E-state index contributed by atoms with van der Waals surface area (Å²) in [5, 5.41) is 11.7. The molecule has 0 aromatic rings. The van der Waals surface area contributed by atoms with Gasteiger partial charge in [-0.15, -0.1) is 0 Å². The fourth-order valence-corrected chi connectivity index (χ4v) is 2.34. The number of nitrogens with one attached hydrogen (secondary N) is 1. The Kier molecular flexibility index (Phi) is 5.59. The predicted octanol–water partition coefficient (Wildman–Crippen LogP) is 1.42. The summed E-state index contributed by atoms with van der Waals surface area (Å²) in [5.74, 6) is -0.280. The van der Waals surface area contributed by atoms with E-state index in [4.69, 9.17) is 9.84 Å². The number of amides is 1. The number of carboxylic acids is 1. The van der Waals surface area contributed by atoms with Crippen LogP contribution in [0.2, 0.25) is 0 Å². The average Bonchev–Trinajstić information content (AvgIpc) is 2.73. The van der Waals surface area contributed by atoms with Crippen molar-refractivity contribution in [2.24, 2.45) is 11.8 Å². The minimum atomic E-state index is -1.01. The molecule has 2 N–H and O–H groups in total. The third-order valence-corrected chi connectivity index (χ3v) is 3.60. The quantitative estimate of drug-likeness (QED) is 0.754. The third-order valence-electron chi connectivity index (χ3n) is 3.60. The lowest BCUT2D eigenvalue weighted by Crippen LogP contribution is -2.44. The molecule has 1 saturated heterocycles. The van der Waals surface area contributed by atoms with Crippen molar-refractivity contribution in [2.75, 3.05) is 6.61 Å². The van der Waals surface area contributed by atoms with E-state index in [0.717, 1.165) is 6.42 Å². The normalized spacial score (nSPS) is 25.1. The van der Waals surface area contributed by atoms with E-state index in [0.29, 0.717) is 31.3 Å². The molecule has 18 heavy (non-hydrogen) atoms. The molecule has 1 heterocycles. The van der Waals surface area contributed by atoms with Crippen LogP contribution in [-0.4, -0.2) is 35.7 Å². The number of rotatable bonds is 6. The summed E-state index contributed by atoms with van der Waals surface area (Å²) in [7, 11) is 0. The van der Waals surface area contributed by atoms with Gasteiger partial charge in [0.1, 0.15) is 0 Å². The Morgan fingerprint density at radius 3 is 2.61 bits per heavy atom. The van der Waals surface area contributed by atoms with Crippen molar-refractivity contribution in [3.05, 3.63) is 0 Å². The van der Waals surface area contributed by atoms with E-state index < -0.39 is 12.1 Å². The Morgan fingerprint density at radius 2 is 2.11 bits per heavy atom. The summed E-state index contributed by atoms with van der Waals surface area (Å²) in [6.07, 6.45) is 1.08. The van der Waals surface area contributed by atoms with Crippen LogP contribution in [0.15, 0.2) is 0 Å². The first-order chi connectivity index (χ1) is 8.45. The second-order valence-corrected chi connectivity index (χ2v) is 5.21. The Hall–Kier alpha value is -1.10. The SMILES string of the molecule is CCC(CC(=O)N[C@@H]1CCO[C@@H]1C(=O)O)C(C)C.